The second kappa shape index (κ2) is 6.55. The number of alkyl halides is 1. The number of hydrogen-bond donors (Lipinski definition) is 0. The van der Waals surface area contributed by atoms with E-state index in [9.17, 15) is 0 Å². The summed E-state index contributed by atoms with van der Waals surface area (Å²) in [6.07, 6.45) is 2.96. The second-order valence-corrected chi connectivity index (χ2v) is 4.88. The lowest BCUT2D eigenvalue weighted by atomic mass is 10.1. The number of hydrogen-bond acceptors (Lipinski definition) is 2. The molecule has 0 N–H and O–H groups in total. The van der Waals surface area contributed by atoms with Gasteiger partial charge in [0, 0.05) is 25.1 Å². The highest BCUT2D eigenvalue weighted by Crippen LogP contribution is 2.12. The number of likely N-dealkylation sites (N-methyl/N-ethyl adjacent to an activating group) is 1. The molecule has 2 nitrogen and oxygen atoms in total. The molecule has 1 aromatic heterocycles. The molecule has 0 aliphatic carbocycles. The number of rotatable bonds is 5. The molecule has 0 radical (unpaired) electrons. The standard InChI is InChI=1S/C15H17BrN2/c1-18(10-9-13-5-3-2-4-6-13)15-8-7-14(11-16)12-17-15/h2-8,12H,9-11H2,1H3. The first-order chi connectivity index (χ1) is 8.79. The van der Waals surface area contributed by atoms with Crippen LogP contribution in [0.4, 0.5) is 5.82 Å². The van der Waals surface area contributed by atoms with Crippen LogP contribution in [0.25, 0.3) is 0 Å². The van der Waals surface area contributed by atoms with E-state index >= 15 is 0 Å². The van der Waals surface area contributed by atoms with Crippen molar-refractivity contribution >= 4 is 21.7 Å². The maximum absolute atomic E-state index is 4.46. The molecule has 0 saturated carbocycles. The van der Waals surface area contributed by atoms with E-state index in [1.54, 1.807) is 0 Å². The topological polar surface area (TPSA) is 16.1 Å². The summed E-state index contributed by atoms with van der Waals surface area (Å²) in [5.74, 6) is 1.02. The van der Waals surface area contributed by atoms with Crippen LogP contribution in [-0.2, 0) is 11.8 Å². The molecule has 0 aliphatic heterocycles. The molecule has 3 heteroatoms. The minimum absolute atomic E-state index is 0.855. The fourth-order valence-corrected chi connectivity index (χ4v) is 2.11. The molecular formula is C15H17BrN2. The summed E-state index contributed by atoms with van der Waals surface area (Å²) >= 11 is 3.43. The Morgan fingerprint density at radius 2 is 1.83 bits per heavy atom. The van der Waals surface area contributed by atoms with Crippen LogP contribution in [0.1, 0.15) is 11.1 Å². The molecule has 94 valence electrons. The molecule has 2 rings (SSSR count). The van der Waals surface area contributed by atoms with Crippen LogP contribution in [-0.4, -0.2) is 18.6 Å². The summed E-state index contributed by atoms with van der Waals surface area (Å²) in [5, 5.41) is 0.855. The van der Waals surface area contributed by atoms with E-state index in [0.29, 0.717) is 0 Å². The Hall–Kier alpha value is -1.35. The lowest BCUT2D eigenvalue weighted by Gasteiger charge is -2.18. The highest BCUT2D eigenvalue weighted by molar-refractivity contribution is 9.08. The Morgan fingerprint density at radius 3 is 2.44 bits per heavy atom. The van der Waals surface area contributed by atoms with Gasteiger partial charge in [0.2, 0.25) is 0 Å². The Morgan fingerprint density at radius 1 is 1.06 bits per heavy atom. The summed E-state index contributed by atoms with van der Waals surface area (Å²) < 4.78 is 0. The van der Waals surface area contributed by atoms with Crippen LogP contribution in [0.3, 0.4) is 0 Å². The molecule has 0 aliphatic rings. The van der Waals surface area contributed by atoms with Crippen molar-refractivity contribution in [2.24, 2.45) is 0 Å². The van der Waals surface area contributed by atoms with Crippen molar-refractivity contribution in [2.75, 3.05) is 18.5 Å². The maximum Gasteiger partial charge on any atom is 0.128 e. The average Bonchev–Trinajstić information content (AvgIpc) is 2.46. The zero-order valence-electron chi connectivity index (χ0n) is 10.5. The van der Waals surface area contributed by atoms with Gasteiger partial charge < -0.3 is 4.90 Å². The minimum Gasteiger partial charge on any atom is -0.359 e. The van der Waals surface area contributed by atoms with Crippen molar-refractivity contribution in [1.82, 2.24) is 4.98 Å². The number of aromatic nitrogens is 1. The first-order valence-corrected chi connectivity index (χ1v) is 7.17. The number of nitrogens with zero attached hydrogens (tertiary/aromatic N) is 2. The SMILES string of the molecule is CN(CCc1ccccc1)c1ccc(CBr)cn1. The number of halogens is 1. The summed E-state index contributed by atoms with van der Waals surface area (Å²) in [6, 6.07) is 14.7. The molecular weight excluding hydrogens is 288 g/mol. The van der Waals surface area contributed by atoms with E-state index in [1.807, 2.05) is 12.3 Å². The Kier molecular flexibility index (Phi) is 4.76. The highest BCUT2D eigenvalue weighted by Gasteiger charge is 2.02. The van der Waals surface area contributed by atoms with Gasteiger partial charge in [-0.3, -0.25) is 0 Å². The maximum atomic E-state index is 4.46. The van der Waals surface area contributed by atoms with Crippen LogP contribution >= 0.6 is 15.9 Å². The molecule has 2 aromatic rings. The predicted molar refractivity (Wildman–Crippen MR) is 80.3 cm³/mol. The van der Waals surface area contributed by atoms with Crippen molar-refractivity contribution in [3.63, 3.8) is 0 Å². The molecule has 0 spiro atoms. The molecule has 0 atom stereocenters. The monoisotopic (exact) mass is 304 g/mol. The van der Waals surface area contributed by atoms with Gasteiger partial charge in [-0.15, -0.1) is 0 Å². The number of benzene rings is 1. The van der Waals surface area contributed by atoms with Crippen LogP contribution in [0, 0.1) is 0 Å². The highest BCUT2D eigenvalue weighted by atomic mass is 79.9. The van der Waals surface area contributed by atoms with Gasteiger partial charge >= 0.3 is 0 Å². The largest absolute Gasteiger partial charge is 0.359 e. The molecule has 1 aromatic carbocycles. The van der Waals surface area contributed by atoms with Crippen LogP contribution in [0.15, 0.2) is 48.7 Å². The van der Waals surface area contributed by atoms with Crippen LogP contribution in [0.2, 0.25) is 0 Å². The number of anilines is 1. The molecule has 0 fully saturated rings. The quantitative estimate of drug-likeness (QED) is 0.784. The lowest BCUT2D eigenvalue weighted by Crippen LogP contribution is -2.21. The van der Waals surface area contributed by atoms with Crippen LogP contribution < -0.4 is 4.90 Å². The molecule has 0 saturated heterocycles. The van der Waals surface area contributed by atoms with Crippen molar-refractivity contribution in [2.45, 2.75) is 11.8 Å². The smallest absolute Gasteiger partial charge is 0.128 e. The van der Waals surface area contributed by atoms with Gasteiger partial charge in [0.25, 0.3) is 0 Å². The predicted octanol–water partition coefficient (Wildman–Crippen LogP) is 3.66. The van der Waals surface area contributed by atoms with E-state index < -0.39 is 0 Å². The first kappa shape index (κ1) is 13.1. The fourth-order valence-electron chi connectivity index (χ4n) is 1.78. The van der Waals surface area contributed by atoms with Gasteiger partial charge in [0.15, 0.2) is 0 Å². The van der Waals surface area contributed by atoms with Gasteiger partial charge in [-0.2, -0.15) is 0 Å². The van der Waals surface area contributed by atoms with Gasteiger partial charge in [-0.25, -0.2) is 4.98 Å². The molecule has 0 bridgehead atoms. The summed E-state index contributed by atoms with van der Waals surface area (Å²) in [4.78, 5) is 6.64. The van der Waals surface area contributed by atoms with Gasteiger partial charge in [0.1, 0.15) is 5.82 Å². The lowest BCUT2D eigenvalue weighted by molar-refractivity contribution is 0.859. The van der Waals surface area contributed by atoms with Crippen molar-refractivity contribution in [3.05, 3.63) is 59.8 Å². The summed E-state index contributed by atoms with van der Waals surface area (Å²) in [6.45, 7) is 0.977. The van der Waals surface area contributed by atoms with E-state index in [4.69, 9.17) is 0 Å². The van der Waals surface area contributed by atoms with Crippen LogP contribution in [0.5, 0.6) is 0 Å². The van der Waals surface area contributed by atoms with E-state index in [2.05, 4.69) is 69.3 Å². The Labute approximate surface area is 117 Å². The molecule has 1 heterocycles. The van der Waals surface area contributed by atoms with Crippen molar-refractivity contribution in [1.29, 1.82) is 0 Å². The van der Waals surface area contributed by atoms with E-state index in [0.717, 1.165) is 24.1 Å². The van der Waals surface area contributed by atoms with Crippen molar-refractivity contribution < 1.29 is 0 Å². The zero-order valence-corrected chi connectivity index (χ0v) is 12.1. The third-order valence-electron chi connectivity index (χ3n) is 2.93. The molecule has 0 unspecified atom stereocenters. The van der Waals surface area contributed by atoms with Gasteiger partial charge in [-0.05, 0) is 23.6 Å². The van der Waals surface area contributed by atoms with Gasteiger partial charge in [0.05, 0.1) is 0 Å². The summed E-state index contributed by atoms with van der Waals surface area (Å²) in [7, 11) is 2.08. The summed E-state index contributed by atoms with van der Waals surface area (Å²) in [5.41, 5.74) is 2.57. The first-order valence-electron chi connectivity index (χ1n) is 6.05. The third kappa shape index (κ3) is 3.57. The van der Waals surface area contributed by atoms with E-state index in [1.165, 1.54) is 11.1 Å². The van der Waals surface area contributed by atoms with Gasteiger partial charge in [-0.1, -0.05) is 52.3 Å². The minimum atomic E-state index is 0.855. The Balaban J connectivity index is 1.93. The number of pyridine rings is 1. The third-order valence-corrected chi connectivity index (χ3v) is 3.58. The molecule has 0 amide bonds. The second-order valence-electron chi connectivity index (χ2n) is 4.32. The normalized spacial score (nSPS) is 10.3. The molecule has 18 heavy (non-hydrogen) atoms. The fraction of sp³-hybridized carbons (Fsp3) is 0.267. The van der Waals surface area contributed by atoms with Crippen molar-refractivity contribution in [3.8, 4) is 0 Å². The Bertz CT molecular complexity index is 468. The zero-order chi connectivity index (χ0) is 12.8. The van der Waals surface area contributed by atoms with E-state index in [-0.39, 0.29) is 0 Å². The average molecular weight is 305 g/mol.